The molecule has 1 aromatic heterocycles. The van der Waals surface area contributed by atoms with Crippen LogP contribution in [0.5, 0.6) is 5.75 Å². The number of aromatic nitrogens is 3. The highest BCUT2D eigenvalue weighted by Gasteiger charge is 2.28. The van der Waals surface area contributed by atoms with Gasteiger partial charge in [-0.3, -0.25) is 9.59 Å². The molecule has 0 spiro atoms. The Labute approximate surface area is 145 Å². The summed E-state index contributed by atoms with van der Waals surface area (Å²) in [7, 11) is 0. The van der Waals surface area contributed by atoms with Crippen LogP contribution in [-0.4, -0.2) is 33.2 Å². The van der Waals surface area contributed by atoms with E-state index in [2.05, 4.69) is 36.8 Å². The zero-order valence-electron chi connectivity index (χ0n) is 12.6. The third-order valence-electron chi connectivity index (χ3n) is 4.11. The molecule has 0 saturated carbocycles. The average Bonchev–Trinajstić information content (AvgIpc) is 3.04. The molecule has 124 valence electrons. The van der Waals surface area contributed by atoms with E-state index in [0.29, 0.717) is 17.1 Å². The van der Waals surface area contributed by atoms with E-state index in [1.165, 1.54) is 0 Å². The van der Waals surface area contributed by atoms with E-state index in [-0.39, 0.29) is 24.5 Å². The molecule has 2 amide bonds. The predicted octanol–water partition coefficient (Wildman–Crippen LogP) is 1.89. The van der Waals surface area contributed by atoms with Gasteiger partial charge in [0.15, 0.2) is 6.61 Å². The van der Waals surface area contributed by atoms with E-state index < -0.39 is 0 Å². The summed E-state index contributed by atoms with van der Waals surface area (Å²) in [5.74, 6) is 0.914. The van der Waals surface area contributed by atoms with Crippen molar-refractivity contribution in [3.63, 3.8) is 0 Å². The van der Waals surface area contributed by atoms with Gasteiger partial charge in [0.2, 0.25) is 5.91 Å². The van der Waals surface area contributed by atoms with Crippen LogP contribution in [0.4, 0.5) is 11.4 Å². The number of aryl methyl sites for hydroxylation is 1. The number of anilines is 2. The van der Waals surface area contributed by atoms with Gasteiger partial charge in [0.1, 0.15) is 29.6 Å². The molecule has 0 radical (unpaired) electrons. The van der Waals surface area contributed by atoms with Crippen molar-refractivity contribution in [2.75, 3.05) is 17.2 Å². The Morgan fingerprint density at radius 1 is 1.46 bits per heavy atom. The van der Waals surface area contributed by atoms with Crippen LogP contribution in [0.2, 0.25) is 0 Å². The monoisotopic (exact) mass is 391 g/mol. The lowest BCUT2D eigenvalue weighted by Crippen LogP contribution is -2.31. The molecule has 2 N–H and O–H groups in total. The van der Waals surface area contributed by atoms with Crippen molar-refractivity contribution in [3.8, 4) is 5.75 Å². The van der Waals surface area contributed by atoms with Crippen LogP contribution in [0.25, 0.3) is 0 Å². The van der Waals surface area contributed by atoms with Crippen molar-refractivity contribution < 1.29 is 14.3 Å². The van der Waals surface area contributed by atoms with Crippen molar-refractivity contribution in [3.05, 3.63) is 28.8 Å². The second kappa shape index (κ2) is 5.90. The Morgan fingerprint density at radius 3 is 3.21 bits per heavy atom. The number of carbonyl (C=O) groups is 2. The van der Waals surface area contributed by atoms with Crippen LogP contribution >= 0.6 is 15.9 Å². The minimum absolute atomic E-state index is 0.0382. The van der Waals surface area contributed by atoms with E-state index in [4.69, 9.17) is 4.74 Å². The molecule has 2 aliphatic rings. The summed E-state index contributed by atoms with van der Waals surface area (Å²) in [6.07, 6.45) is 4.00. The van der Waals surface area contributed by atoms with E-state index in [9.17, 15) is 9.59 Å². The highest BCUT2D eigenvalue weighted by atomic mass is 79.9. The molecule has 3 heterocycles. The van der Waals surface area contributed by atoms with Gasteiger partial charge < -0.3 is 19.9 Å². The molecule has 0 saturated heterocycles. The molecule has 24 heavy (non-hydrogen) atoms. The van der Waals surface area contributed by atoms with E-state index >= 15 is 0 Å². The third-order valence-corrected chi connectivity index (χ3v) is 4.57. The highest BCUT2D eigenvalue weighted by molar-refractivity contribution is 9.10. The number of benzene rings is 1. The van der Waals surface area contributed by atoms with Gasteiger partial charge in [-0.15, -0.1) is 10.2 Å². The average molecular weight is 392 g/mol. The Morgan fingerprint density at radius 2 is 2.33 bits per heavy atom. The number of nitrogens with zero attached hydrogens (tertiary/aromatic N) is 3. The molecule has 1 aromatic carbocycles. The quantitative estimate of drug-likeness (QED) is 0.814. The molecule has 0 bridgehead atoms. The standard InChI is InChI=1S/C15H14BrN5O3/c16-8-4-9(14-11(5-8)24-6-13(22)19-14)18-15(23)10-2-1-3-12-20-17-7-21(10)12/h4-5,7,10H,1-3,6H2,(H,18,23)(H,19,22). The van der Waals surface area contributed by atoms with Crippen molar-refractivity contribution >= 4 is 39.1 Å². The second-order valence-corrected chi connectivity index (χ2v) is 6.63. The lowest BCUT2D eigenvalue weighted by atomic mass is 10.0. The maximum Gasteiger partial charge on any atom is 0.262 e. The van der Waals surface area contributed by atoms with Crippen LogP contribution in [0.1, 0.15) is 24.7 Å². The fourth-order valence-electron chi connectivity index (χ4n) is 3.01. The van der Waals surface area contributed by atoms with Gasteiger partial charge in [0.25, 0.3) is 5.91 Å². The lowest BCUT2D eigenvalue weighted by Gasteiger charge is -2.25. The largest absolute Gasteiger partial charge is 0.481 e. The molecule has 1 atom stereocenters. The topological polar surface area (TPSA) is 98.1 Å². The van der Waals surface area contributed by atoms with Crippen LogP contribution in [0.15, 0.2) is 22.9 Å². The van der Waals surface area contributed by atoms with Gasteiger partial charge in [0.05, 0.1) is 5.69 Å². The number of nitrogens with one attached hydrogen (secondary N) is 2. The molecule has 0 aliphatic carbocycles. The summed E-state index contributed by atoms with van der Waals surface area (Å²) in [4.78, 5) is 24.3. The first-order valence-corrected chi connectivity index (χ1v) is 8.36. The Balaban J connectivity index is 1.64. The van der Waals surface area contributed by atoms with Crippen LogP contribution in [-0.2, 0) is 16.0 Å². The first kappa shape index (κ1) is 15.1. The lowest BCUT2D eigenvalue weighted by molar-refractivity contribution is -0.120. The molecule has 1 unspecified atom stereocenters. The molecular formula is C15H14BrN5O3. The maximum atomic E-state index is 12.8. The number of amides is 2. The highest BCUT2D eigenvalue weighted by Crippen LogP contribution is 2.39. The van der Waals surface area contributed by atoms with E-state index in [1.54, 1.807) is 23.0 Å². The molecular weight excluding hydrogens is 378 g/mol. The number of fused-ring (bicyclic) bond motifs is 2. The van der Waals surface area contributed by atoms with Crippen LogP contribution in [0.3, 0.4) is 0 Å². The normalized spacial score (nSPS) is 18.9. The van der Waals surface area contributed by atoms with Gasteiger partial charge in [0, 0.05) is 10.9 Å². The molecule has 9 heteroatoms. The third kappa shape index (κ3) is 2.64. The summed E-state index contributed by atoms with van der Waals surface area (Å²) < 4.78 is 7.96. The Hall–Kier alpha value is -2.42. The molecule has 2 aliphatic heterocycles. The zero-order valence-corrected chi connectivity index (χ0v) is 14.2. The van der Waals surface area contributed by atoms with E-state index in [1.807, 2.05) is 0 Å². The SMILES string of the molecule is O=C1COc2cc(Br)cc(NC(=O)C3CCCc4nncn43)c2N1. The van der Waals surface area contributed by atoms with Crippen molar-refractivity contribution in [1.29, 1.82) is 0 Å². The minimum Gasteiger partial charge on any atom is -0.481 e. The molecule has 0 fully saturated rings. The minimum atomic E-state index is -0.362. The number of carbonyl (C=O) groups excluding carboxylic acids is 2. The Bertz CT molecular complexity index is 835. The number of hydrogen-bond acceptors (Lipinski definition) is 5. The number of hydrogen-bond donors (Lipinski definition) is 2. The van der Waals surface area contributed by atoms with Gasteiger partial charge in [-0.1, -0.05) is 15.9 Å². The van der Waals surface area contributed by atoms with Gasteiger partial charge >= 0.3 is 0 Å². The first-order chi connectivity index (χ1) is 11.6. The van der Waals surface area contributed by atoms with E-state index in [0.717, 1.165) is 29.6 Å². The van der Waals surface area contributed by atoms with Crippen LogP contribution in [0, 0.1) is 0 Å². The molecule has 2 aromatic rings. The molecule has 4 rings (SSSR count). The van der Waals surface area contributed by atoms with Crippen molar-refractivity contribution in [1.82, 2.24) is 14.8 Å². The summed E-state index contributed by atoms with van der Waals surface area (Å²) >= 11 is 3.39. The summed E-state index contributed by atoms with van der Waals surface area (Å²) in [6.45, 7) is -0.0382. The van der Waals surface area contributed by atoms with Gasteiger partial charge in [-0.25, -0.2) is 0 Å². The predicted molar refractivity (Wildman–Crippen MR) is 88.9 cm³/mol. The summed E-state index contributed by atoms with van der Waals surface area (Å²) in [5, 5.41) is 13.6. The zero-order chi connectivity index (χ0) is 16.7. The maximum absolute atomic E-state index is 12.8. The van der Waals surface area contributed by atoms with Gasteiger partial charge in [-0.05, 0) is 25.0 Å². The number of halogens is 1. The summed E-state index contributed by atoms with van der Waals surface area (Å²) in [5.41, 5.74) is 0.972. The smallest absolute Gasteiger partial charge is 0.262 e. The van der Waals surface area contributed by atoms with Gasteiger partial charge in [-0.2, -0.15) is 0 Å². The van der Waals surface area contributed by atoms with Crippen molar-refractivity contribution in [2.45, 2.75) is 25.3 Å². The first-order valence-electron chi connectivity index (χ1n) is 7.57. The fourth-order valence-corrected chi connectivity index (χ4v) is 3.45. The molecule has 8 nitrogen and oxygen atoms in total. The summed E-state index contributed by atoms with van der Waals surface area (Å²) in [6, 6.07) is 3.13. The second-order valence-electron chi connectivity index (χ2n) is 5.72. The Kier molecular flexibility index (Phi) is 3.72. The number of rotatable bonds is 2. The van der Waals surface area contributed by atoms with Crippen LogP contribution < -0.4 is 15.4 Å². The number of ether oxygens (including phenoxy) is 1. The fraction of sp³-hybridized carbons (Fsp3) is 0.333. The van der Waals surface area contributed by atoms with Crippen molar-refractivity contribution in [2.24, 2.45) is 0 Å².